The van der Waals surface area contributed by atoms with Crippen molar-refractivity contribution in [3.8, 4) is 0 Å². The predicted octanol–water partition coefficient (Wildman–Crippen LogP) is 4.11. The van der Waals surface area contributed by atoms with Gasteiger partial charge in [0.05, 0.1) is 5.41 Å². The number of halogens is 1. The average Bonchev–Trinajstić information content (AvgIpc) is 3.37. The van der Waals surface area contributed by atoms with Gasteiger partial charge in [-0.15, -0.1) is 0 Å². The van der Waals surface area contributed by atoms with E-state index in [4.69, 9.17) is 0 Å². The lowest BCUT2D eigenvalue weighted by molar-refractivity contribution is -0.123. The predicted molar refractivity (Wildman–Crippen MR) is 102 cm³/mol. The summed E-state index contributed by atoms with van der Waals surface area (Å²) in [7, 11) is 0. The molecule has 2 aliphatic rings. The molecule has 1 saturated heterocycles. The number of piperidine rings is 1. The molecule has 1 aromatic rings. The number of likely N-dealkylation sites (tertiary alicyclic amines) is 1. The zero-order valence-corrected chi connectivity index (χ0v) is 16.3. The van der Waals surface area contributed by atoms with Gasteiger partial charge in [0.25, 0.3) is 0 Å². The van der Waals surface area contributed by atoms with Crippen LogP contribution in [0.25, 0.3) is 0 Å². The van der Waals surface area contributed by atoms with Crippen molar-refractivity contribution in [3.05, 3.63) is 34.3 Å². The van der Waals surface area contributed by atoms with Crippen LogP contribution in [0.4, 0.5) is 0 Å². The number of carbonyl (C=O) groups is 1. The van der Waals surface area contributed by atoms with Gasteiger partial charge in [0, 0.05) is 17.6 Å². The molecule has 3 nitrogen and oxygen atoms in total. The van der Waals surface area contributed by atoms with Gasteiger partial charge in [-0.1, -0.05) is 35.0 Å². The second kappa shape index (κ2) is 8.01. The molecule has 1 atom stereocenters. The summed E-state index contributed by atoms with van der Waals surface area (Å²) >= 11 is 3.46. The molecule has 1 unspecified atom stereocenters. The van der Waals surface area contributed by atoms with E-state index in [0.717, 1.165) is 41.8 Å². The summed E-state index contributed by atoms with van der Waals surface area (Å²) < 4.78 is 1.06. The first-order valence-corrected chi connectivity index (χ1v) is 10.2. The van der Waals surface area contributed by atoms with Crippen molar-refractivity contribution in [3.63, 3.8) is 0 Å². The Hall–Kier alpha value is -0.870. The van der Waals surface area contributed by atoms with Crippen molar-refractivity contribution >= 4 is 21.8 Å². The van der Waals surface area contributed by atoms with Crippen LogP contribution in [0, 0.1) is 5.92 Å². The highest BCUT2D eigenvalue weighted by atomic mass is 79.9. The minimum absolute atomic E-state index is 0.219. The van der Waals surface area contributed by atoms with Crippen molar-refractivity contribution in [2.45, 2.75) is 50.9 Å². The third-order valence-electron chi connectivity index (χ3n) is 5.51. The zero-order valence-electron chi connectivity index (χ0n) is 14.7. The van der Waals surface area contributed by atoms with Crippen LogP contribution in [0.2, 0.25) is 0 Å². The number of hydrogen-bond donors (Lipinski definition) is 1. The van der Waals surface area contributed by atoms with Gasteiger partial charge in [-0.05, 0) is 75.2 Å². The molecule has 132 valence electrons. The molecule has 1 heterocycles. The number of unbranched alkanes of at least 4 members (excludes halogenated alkanes) is 1. The molecule has 1 saturated carbocycles. The van der Waals surface area contributed by atoms with Gasteiger partial charge in [-0.2, -0.15) is 0 Å². The maximum absolute atomic E-state index is 12.6. The molecule has 1 amide bonds. The molecule has 0 bridgehead atoms. The maximum atomic E-state index is 12.6. The van der Waals surface area contributed by atoms with Crippen molar-refractivity contribution in [2.24, 2.45) is 5.92 Å². The van der Waals surface area contributed by atoms with Crippen LogP contribution in [-0.4, -0.2) is 37.0 Å². The molecule has 0 aromatic heterocycles. The van der Waals surface area contributed by atoms with E-state index in [9.17, 15) is 4.79 Å². The number of nitrogens with one attached hydrogen (secondary N) is 1. The Morgan fingerprint density at radius 3 is 2.71 bits per heavy atom. The molecule has 1 aromatic carbocycles. The Morgan fingerprint density at radius 2 is 2.04 bits per heavy atom. The Balaban J connectivity index is 1.37. The van der Waals surface area contributed by atoms with Crippen molar-refractivity contribution in [2.75, 3.05) is 26.2 Å². The van der Waals surface area contributed by atoms with E-state index < -0.39 is 0 Å². The Labute approximate surface area is 154 Å². The Kier molecular flexibility index (Phi) is 5.98. The number of carbonyl (C=O) groups excluding carboxylic acids is 1. The highest BCUT2D eigenvalue weighted by molar-refractivity contribution is 9.10. The number of rotatable bonds is 7. The molecule has 1 N–H and O–H groups in total. The van der Waals surface area contributed by atoms with Crippen LogP contribution in [0.15, 0.2) is 28.7 Å². The molecule has 1 aliphatic carbocycles. The summed E-state index contributed by atoms with van der Waals surface area (Å²) in [5.41, 5.74) is 0.911. The molecule has 4 heteroatoms. The summed E-state index contributed by atoms with van der Waals surface area (Å²) in [6, 6.07) is 8.22. The number of nitrogens with zero attached hydrogens (tertiary/aromatic N) is 1. The fourth-order valence-electron chi connectivity index (χ4n) is 3.86. The summed E-state index contributed by atoms with van der Waals surface area (Å²) in [6.45, 7) is 6.84. The quantitative estimate of drug-likeness (QED) is 0.708. The molecule has 2 fully saturated rings. The molecule has 0 spiro atoms. The lowest BCUT2D eigenvalue weighted by Gasteiger charge is -2.30. The number of benzene rings is 1. The van der Waals surface area contributed by atoms with Gasteiger partial charge in [0.1, 0.15) is 0 Å². The highest BCUT2D eigenvalue weighted by Crippen LogP contribution is 2.48. The fraction of sp³-hybridized carbons (Fsp3) is 0.650. The van der Waals surface area contributed by atoms with E-state index in [1.54, 1.807) is 0 Å². The molecule has 24 heavy (non-hydrogen) atoms. The maximum Gasteiger partial charge on any atom is 0.230 e. The van der Waals surface area contributed by atoms with Crippen LogP contribution < -0.4 is 5.32 Å². The molecular weight excluding hydrogens is 364 g/mol. The van der Waals surface area contributed by atoms with Crippen LogP contribution in [0.3, 0.4) is 0 Å². The van der Waals surface area contributed by atoms with Crippen LogP contribution in [-0.2, 0) is 10.2 Å². The lowest BCUT2D eigenvalue weighted by Crippen LogP contribution is -2.37. The van der Waals surface area contributed by atoms with Gasteiger partial charge in [0.2, 0.25) is 5.91 Å². The van der Waals surface area contributed by atoms with E-state index >= 15 is 0 Å². The first-order chi connectivity index (χ1) is 11.6. The van der Waals surface area contributed by atoms with Gasteiger partial charge >= 0.3 is 0 Å². The van der Waals surface area contributed by atoms with Gasteiger partial charge < -0.3 is 10.2 Å². The van der Waals surface area contributed by atoms with Crippen LogP contribution in [0.1, 0.15) is 51.0 Å². The fourth-order valence-corrected chi connectivity index (χ4v) is 4.13. The Bertz CT molecular complexity index is 553. The van der Waals surface area contributed by atoms with E-state index in [-0.39, 0.29) is 11.3 Å². The highest BCUT2D eigenvalue weighted by Gasteiger charge is 2.50. The zero-order chi connectivity index (χ0) is 17.0. The second-order valence-electron chi connectivity index (χ2n) is 7.60. The van der Waals surface area contributed by atoms with E-state index in [1.807, 2.05) is 12.1 Å². The van der Waals surface area contributed by atoms with Crippen LogP contribution in [0.5, 0.6) is 0 Å². The first kappa shape index (κ1) is 17.9. The van der Waals surface area contributed by atoms with Crippen molar-refractivity contribution < 1.29 is 4.79 Å². The largest absolute Gasteiger partial charge is 0.355 e. The first-order valence-electron chi connectivity index (χ1n) is 9.37. The van der Waals surface area contributed by atoms with E-state index in [0.29, 0.717) is 0 Å². The summed E-state index contributed by atoms with van der Waals surface area (Å²) in [5, 5.41) is 3.18. The van der Waals surface area contributed by atoms with Crippen molar-refractivity contribution in [1.29, 1.82) is 0 Å². The monoisotopic (exact) mass is 392 g/mol. The molecule has 3 rings (SSSR count). The lowest BCUT2D eigenvalue weighted by atomic mass is 9.95. The van der Waals surface area contributed by atoms with Gasteiger partial charge in [0.15, 0.2) is 0 Å². The van der Waals surface area contributed by atoms with Crippen molar-refractivity contribution in [1.82, 2.24) is 10.2 Å². The molecule has 1 aliphatic heterocycles. The minimum atomic E-state index is -0.247. The SMILES string of the molecule is CC1CCCN(CCCCNC(=O)C2(c3ccc(Br)cc3)CC2)C1. The molecular formula is C20H29BrN2O. The third kappa shape index (κ3) is 4.40. The summed E-state index contributed by atoms with van der Waals surface area (Å²) in [5.74, 6) is 1.07. The standard InChI is InChI=1S/C20H29BrN2O/c1-16-5-4-14-23(15-16)13-3-2-12-22-19(24)20(10-11-20)17-6-8-18(21)9-7-17/h6-9,16H,2-5,10-15H2,1H3,(H,22,24). The van der Waals surface area contributed by atoms with E-state index in [1.165, 1.54) is 38.9 Å². The average molecular weight is 393 g/mol. The number of hydrogen-bond acceptors (Lipinski definition) is 2. The van der Waals surface area contributed by atoms with Gasteiger partial charge in [-0.25, -0.2) is 0 Å². The molecule has 0 radical (unpaired) electrons. The van der Waals surface area contributed by atoms with Crippen LogP contribution >= 0.6 is 15.9 Å². The third-order valence-corrected chi connectivity index (χ3v) is 6.04. The topological polar surface area (TPSA) is 32.3 Å². The normalized spacial score (nSPS) is 23.0. The van der Waals surface area contributed by atoms with E-state index in [2.05, 4.69) is 45.2 Å². The second-order valence-corrected chi connectivity index (χ2v) is 8.52. The number of amides is 1. The smallest absolute Gasteiger partial charge is 0.230 e. The Morgan fingerprint density at radius 1 is 1.29 bits per heavy atom. The minimum Gasteiger partial charge on any atom is -0.355 e. The summed E-state index contributed by atoms with van der Waals surface area (Å²) in [4.78, 5) is 15.2. The summed E-state index contributed by atoms with van der Waals surface area (Å²) in [6.07, 6.45) is 6.93. The van der Waals surface area contributed by atoms with Gasteiger partial charge in [-0.3, -0.25) is 4.79 Å².